The van der Waals surface area contributed by atoms with Crippen LogP contribution in [0.5, 0.6) is 0 Å². The van der Waals surface area contributed by atoms with Crippen LogP contribution in [-0.2, 0) is 6.42 Å². The summed E-state index contributed by atoms with van der Waals surface area (Å²) in [6.07, 6.45) is 0.880. The maximum Gasteiger partial charge on any atom is 0.113 e. The second-order valence-electron chi connectivity index (χ2n) is 5.49. The summed E-state index contributed by atoms with van der Waals surface area (Å²) in [6.45, 7) is 4.30. The first-order valence-electron chi connectivity index (χ1n) is 7.38. The molecule has 2 aromatic carbocycles. The van der Waals surface area contributed by atoms with Crippen LogP contribution in [0, 0.1) is 6.92 Å². The number of nitrogens with one attached hydrogen (secondary N) is 1. The van der Waals surface area contributed by atoms with Gasteiger partial charge in [-0.2, -0.15) is 0 Å². The average molecular weight is 276 g/mol. The molecule has 0 bridgehead atoms. The molecule has 0 fully saturated rings. The molecular formula is C19H20N2. The number of aromatic nitrogens is 2. The van der Waals surface area contributed by atoms with E-state index in [0.29, 0.717) is 0 Å². The molecule has 2 heteroatoms. The molecule has 21 heavy (non-hydrogen) atoms. The SMILES string of the molecule is Cc1[nH]c(C(C)c2ccccc2)nc1Cc1ccccc1. The van der Waals surface area contributed by atoms with Crippen molar-refractivity contribution in [2.75, 3.05) is 0 Å². The maximum atomic E-state index is 4.83. The fraction of sp³-hybridized carbons (Fsp3) is 0.211. The van der Waals surface area contributed by atoms with Crippen molar-refractivity contribution in [3.8, 4) is 0 Å². The molecule has 3 aromatic rings. The van der Waals surface area contributed by atoms with Gasteiger partial charge in [0.1, 0.15) is 5.82 Å². The standard InChI is InChI=1S/C19H20N2/c1-14(17-11-7-4-8-12-17)19-20-15(2)18(21-19)13-16-9-5-3-6-10-16/h3-12,14H,13H2,1-2H3,(H,20,21). The van der Waals surface area contributed by atoms with Crippen LogP contribution in [0.3, 0.4) is 0 Å². The number of nitrogens with zero attached hydrogens (tertiary/aromatic N) is 1. The summed E-state index contributed by atoms with van der Waals surface area (Å²) < 4.78 is 0. The predicted octanol–water partition coefficient (Wildman–Crippen LogP) is 4.46. The van der Waals surface area contributed by atoms with Crippen LogP contribution in [-0.4, -0.2) is 9.97 Å². The maximum absolute atomic E-state index is 4.83. The molecule has 3 rings (SSSR count). The molecule has 0 aliphatic heterocycles. The lowest BCUT2D eigenvalue weighted by molar-refractivity contribution is 0.832. The summed E-state index contributed by atoms with van der Waals surface area (Å²) >= 11 is 0. The molecule has 0 saturated carbocycles. The Labute approximate surface area is 125 Å². The zero-order chi connectivity index (χ0) is 14.7. The summed E-state index contributed by atoms with van der Waals surface area (Å²) in [5.74, 6) is 1.33. The molecule has 1 heterocycles. The van der Waals surface area contributed by atoms with E-state index in [1.807, 2.05) is 12.1 Å². The van der Waals surface area contributed by atoms with E-state index in [1.54, 1.807) is 0 Å². The van der Waals surface area contributed by atoms with Crippen LogP contribution >= 0.6 is 0 Å². The second kappa shape index (κ2) is 5.96. The van der Waals surface area contributed by atoms with Gasteiger partial charge in [-0.3, -0.25) is 0 Å². The normalized spacial score (nSPS) is 12.3. The number of aryl methyl sites for hydroxylation is 1. The molecule has 1 N–H and O–H groups in total. The van der Waals surface area contributed by atoms with Crippen molar-refractivity contribution in [1.29, 1.82) is 0 Å². The first-order chi connectivity index (χ1) is 10.2. The summed E-state index contributed by atoms with van der Waals surface area (Å²) in [6, 6.07) is 21.0. The van der Waals surface area contributed by atoms with Crippen LogP contribution in [0.2, 0.25) is 0 Å². The Morgan fingerprint density at radius 2 is 1.57 bits per heavy atom. The molecule has 1 unspecified atom stereocenters. The molecular weight excluding hydrogens is 256 g/mol. The van der Waals surface area contributed by atoms with Crippen molar-refractivity contribution in [2.45, 2.75) is 26.2 Å². The number of benzene rings is 2. The van der Waals surface area contributed by atoms with Gasteiger partial charge >= 0.3 is 0 Å². The molecule has 106 valence electrons. The topological polar surface area (TPSA) is 28.7 Å². The highest BCUT2D eigenvalue weighted by atomic mass is 14.9. The molecule has 0 radical (unpaired) electrons. The van der Waals surface area contributed by atoms with Gasteiger partial charge < -0.3 is 4.98 Å². The molecule has 0 spiro atoms. The third-order valence-electron chi connectivity index (χ3n) is 3.93. The molecule has 0 saturated heterocycles. The van der Waals surface area contributed by atoms with Crippen molar-refractivity contribution in [1.82, 2.24) is 9.97 Å². The van der Waals surface area contributed by atoms with Crippen molar-refractivity contribution in [3.05, 3.63) is 89.0 Å². The van der Waals surface area contributed by atoms with Crippen LogP contribution in [0.4, 0.5) is 0 Å². The highest BCUT2D eigenvalue weighted by Crippen LogP contribution is 2.23. The Morgan fingerprint density at radius 3 is 2.24 bits per heavy atom. The van der Waals surface area contributed by atoms with Crippen molar-refractivity contribution in [3.63, 3.8) is 0 Å². The number of imidazole rings is 1. The smallest absolute Gasteiger partial charge is 0.113 e. The van der Waals surface area contributed by atoms with Crippen molar-refractivity contribution in [2.24, 2.45) is 0 Å². The Hall–Kier alpha value is -2.35. The summed E-state index contributed by atoms with van der Waals surface area (Å²) in [4.78, 5) is 8.28. The summed E-state index contributed by atoms with van der Waals surface area (Å²) in [5, 5.41) is 0. The molecule has 2 nitrogen and oxygen atoms in total. The number of rotatable bonds is 4. The number of H-pyrrole nitrogens is 1. The van der Waals surface area contributed by atoms with Crippen LogP contribution < -0.4 is 0 Å². The third kappa shape index (κ3) is 3.05. The van der Waals surface area contributed by atoms with Crippen LogP contribution in [0.25, 0.3) is 0 Å². The van der Waals surface area contributed by atoms with E-state index in [-0.39, 0.29) is 5.92 Å². The second-order valence-corrected chi connectivity index (χ2v) is 5.49. The first kappa shape index (κ1) is 13.6. The lowest BCUT2D eigenvalue weighted by atomic mass is 10.0. The van der Waals surface area contributed by atoms with E-state index in [9.17, 15) is 0 Å². The quantitative estimate of drug-likeness (QED) is 0.748. The van der Waals surface area contributed by atoms with E-state index < -0.39 is 0 Å². The van der Waals surface area contributed by atoms with E-state index in [0.717, 1.165) is 23.6 Å². The van der Waals surface area contributed by atoms with Gasteiger partial charge in [-0.1, -0.05) is 67.6 Å². The highest BCUT2D eigenvalue weighted by molar-refractivity contribution is 5.29. The molecule has 0 amide bonds. The van der Waals surface area contributed by atoms with Gasteiger partial charge in [0.25, 0.3) is 0 Å². The third-order valence-corrected chi connectivity index (χ3v) is 3.93. The zero-order valence-electron chi connectivity index (χ0n) is 12.5. The van der Waals surface area contributed by atoms with E-state index in [4.69, 9.17) is 4.98 Å². The molecule has 0 aliphatic carbocycles. The van der Waals surface area contributed by atoms with E-state index >= 15 is 0 Å². The Balaban J connectivity index is 1.84. The average Bonchev–Trinajstić information content (AvgIpc) is 2.89. The monoisotopic (exact) mass is 276 g/mol. The predicted molar refractivity (Wildman–Crippen MR) is 86.5 cm³/mol. The van der Waals surface area contributed by atoms with Crippen molar-refractivity contribution >= 4 is 0 Å². The lowest BCUT2D eigenvalue weighted by Gasteiger charge is -2.08. The Bertz CT molecular complexity index is 699. The number of aromatic amines is 1. The molecule has 1 aromatic heterocycles. The van der Waals surface area contributed by atoms with E-state index in [1.165, 1.54) is 11.1 Å². The first-order valence-corrected chi connectivity index (χ1v) is 7.38. The van der Waals surface area contributed by atoms with Gasteiger partial charge in [-0.15, -0.1) is 0 Å². The van der Waals surface area contributed by atoms with Gasteiger partial charge in [-0.05, 0) is 18.1 Å². The van der Waals surface area contributed by atoms with Gasteiger partial charge in [0, 0.05) is 18.0 Å². The number of hydrogen-bond donors (Lipinski definition) is 1. The van der Waals surface area contributed by atoms with Crippen LogP contribution in [0.1, 0.15) is 41.2 Å². The summed E-state index contributed by atoms with van der Waals surface area (Å²) in [7, 11) is 0. The zero-order valence-corrected chi connectivity index (χ0v) is 12.5. The fourth-order valence-electron chi connectivity index (χ4n) is 2.59. The highest BCUT2D eigenvalue weighted by Gasteiger charge is 2.14. The minimum atomic E-state index is 0.287. The molecule has 0 aliphatic rings. The lowest BCUT2D eigenvalue weighted by Crippen LogP contribution is -1.98. The van der Waals surface area contributed by atoms with Gasteiger partial charge in [0.05, 0.1) is 5.69 Å². The van der Waals surface area contributed by atoms with Gasteiger partial charge in [0.2, 0.25) is 0 Å². The van der Waals surface area contributed by atoms with Gasteiger partial charge in [0.15, 0.2) is 0 Å². The van der Waals surface area contributed by atoms with E-state index in [2.05, 4.69) is 67.4 Å². The fourth-order valence-corrected chi connectivity index (χ4v) is 2.59. The Kier molecular flexibility index (Phi) is 3.87. The Morgan fingerprint density at radius 1 is 0.952 bits per heavy atom. The number of hydrogen-bond acceptors (Lipinski definition) is 1. The molecule has 1 atom stereocenters. The minimum Gasteiger partial charge on any atom is -0.345 e. The minimum absolute atomic E-state index is 0.287. The largest absolute Gasteiger partial charge is 0.345 e. The van der Waals surface area contributed by atoms with Crippen LogP contribution in [0.15, 0.2) is 60.7 Å². The van der Waals surface area contributed by atoms with Crippen molar-refractivity contribution < 1.29 is 0 Å². The summed E-state index contributed by atoms with van der Waals surface area (Å²) in [5.41, 5.74) is 4.89. The van der Waals surface area contributed by atoms with Gasteiger partial charge in [-0.25, -0.2) is 4.98 Å².